The number of alkyl halides is 1. The minimum atomic E-state index is -1.24. The van der Waals surface area contributed by atoms with Crippen molar-refractivity contribution in [3.63, 3.8) is 0 Å². The Morgan fingerprint density at radius 3 is 2.43 bits per heavy atom. The monoisotopic (exact) mass is 408 g/mol. The third-order valence-electron chi connectivity index (χ3n) is 6.23. The van der Waals surface area contributed by atoms with E-state index in [0.717, 1.165) is 0 Å². The van der Waals surface area contributed by atoms with E-state index in [0.29, 0.717) is 53.4 Å². The zero-order valence-electron chi connectivity index (χ0n) is 17.0. The molecular formula is C23H23BF2N2O2. The number of halogens is 2. The molecule has 2 aromatic carbocycles. The van der Waals surface area contributed by atoms with Crippen LogP contribution in [0, 0.1) is 5.82 Å². The average molecular weight is 408 g/mol. The molecule has 3 aromatic rings. The molecule has 1 aliphatic carbocycles. The summed E-state index contributed by atoms with van der Waals surface area (Å²) in [5.41, 5.74) is 0.00325. The van der Waals surface area contributed by atoms with Crippen molar-refractivity contribution in [1.29, 1.82) is 0 Å². The number of nitrogens with one attached hydrogen (secondary N) is 1. The summed E-state index contributed by atoms with van der Waals surface area (Å²) in [7, 11) is 7.22. The van der Waals surface area contributed by atoms with Crippen molar-refractivity contribution in [3.05, 3.63) is 59.5 Å². The zero-order chi connectivity index (χ0) is 21.7. The van der Waals surface area contributed by atoms with Crippen molar-refractivity contribution >= 4 is 35.8 Å². The number of rotatable bonds is 3. The standard InChI is InChI=1S/C23H23BF2N2O2/c1-22(26)7-9-23(30,10-8-22)15-5-3-14(4-6-15)21(29)28(2)20-13-27-19-12-17(24)18(25)11-16(19)20/h3-6,11-13,27,30H,7-10H2,1-2H3. The summed E-state index contributed by atoms with van der Waals surface area (Å²) in [4.78, 5) is 17.4. The molecule has 2 radical (unpaired) electrons. The Morgan fingerprint density at radius 2 is 1.80 bits per heavy atom. The van der Waals surface area contributed by atoms with Crippen LogP contribution in [0.25, 0.3) is 10.9 Å². The lowest BCUT2D eigenvalue weighted by atomic mass is 9.74. The van der Waals surface area contributed by atoms with Gasteiger partial charge in [0.25, 0.3) is 5.91 Å². The first-order valence-corrected chi connectivity index (χ1v) is 9.96. The van der Waals surface area contributed by atoms with Crippen molar-refractivity contribution in [2.75, 3.05) is 11.9 Å². The lowest BCUT2D eigenvalue weighted by molar-refractivity contribution is -0.0445. The second-order valence-electron chi connectivity index (χ2n) is 8.48. The third kappa shape index (κ3) is 3.62. The Labute approximate surface area is 175 Å². The van der Waals surface area contributed by atoms with Crippen molar-refractivity contribution < 1.29 is 18.7 Å². The van der Waals surface area contributed by atoms with E-state index in [4.69, 9.17) is 7.85 Å². The highest BCUT2D eigenvalue weighted by Crippen LogP contribution is 2.42. The minimum absolute atomic E-state index is 0.0363. The molecule has 4 rings (SSSR count). The van der Waals surface area contributed by atoms with E-state index in [-0.39, 0.29) is 11.4 Å². The van der Waals surface area contributed by atoms with Crippen LogP contribution in [0.4, 0.5) is 14.5 Å². The van der Waals surface area contributed by atoms with Gasteiger partial charge in [-0.15, -0.1) is 0 Å². The molecule has 30 heavy (non-hydrogen) atoms. The van der Waals surface area contributed by atoms with E-state index in [9.17, 15) is 18.7 Å². The van der Waals surface area contributed by atoms with Crippen molar-refractivity contribution in [2.24, 2.45) is 0 Å². The molecule has 7 heteroatoms. The van der Waals surface area contributed by atoms with E-state index in [1.165, 1.54) is 17.0 Å². The van der Waals surface area contributed by atoms with E-state index >= 15 is 0 Å². The molecule has 2 N–H and O–H groups in total. The average Bonchev–Trinajstić information content (AvgIpc) is 3.12. The van der Waals surface area contributed by atoms with Crippen LogP contribution in [-0.2, 0) is 5.60 Å². The molecule has 1 aliphatic rings. The van der Waals surface area contributed by atoms with Crippen LogP contribution < -0.4 is 10.4 Å². The number of aliphatic hydroxyl groups is 1. The van der Waals surface area contributed by atoms with Gasteiger partial charge in [0, 0.05) is 29.7 Å². The Kier molecular flexibility index (Phi) is 4.97. The fraction of sp³-hybridized carbons (Fsp3) is 0.348. The number of H-pyrrole nitrogens is 1. The molecule has 0 saturated heterocycles. The van der Waals surface area contributed by atoms with Gasteiger partial charge in [-0.3, -0.25) is 4.79 Å². The van der Waals surface area contributed by atoms with Gasteiger partial charge < -0.3 is 15.0 Å². The van der Waals surface area contributed by atoms with Crippen LogP contribution in [0.5, 0.6) is 0 Å². The van der Waals surface area contributed by atoms with E-state index in [2.05, 4.69) is 4.98 Å². The van der Waals surface area contributed by atoms with Crippen LogP contribution >= 0.6 is 0 Å². The van der Waals surface area contributed by atoms with Crippen LogP contribution in [0.2, 0.25) is 0 Å². The van der Waals surface area contributed by atoms with Gasteiger partial charge in [-0.25, -0.2) is 8.78 Å². The van der Waals surface area contributed by atoms with Gasteiger partial charge in [-0.2, -0.15) is 0 Å². The maximum absolute atomic E-state index is 14.1. The Balaban J connectivity index is 1.56. The Hall–Kier alpha value is -2.67. The van der Waals surface area contributed by atoms with Crippen LogP contribution in [0.3, 0.4) is 0 Å². The minimum Gasteiger partial charge on any atom is -0.385 e. The smallest absolute Gasteiger partial charge is 0.258 e. The normalized spacial score (nSPS) is 24.2. The number of nitrogens with zero attached hydrogens (tertiary/aromatic N) is 1. The largest absolute Gasteiger partial charge is 0.385 e. The maximum Gasteiger partial charge on any atom is 0.258 e. The number of carbonyl (C=O) groups excluding carboxylic acids is 1. The summed E-state index contributed by atoms with van der Waals surface area (Å²) >= 11 is 0. The molecule has 1 aromatic heterocycles. The molecule has 0 unspecified atom stereocenters. The first-order valence-electron chi connectivity index (χ1n) is 9.96. The SMILES string of the molecule is [B]c1cc2[nH]cc(N(C)C(=O)c3ccc(C4(O)CCC(C)(F)CC4)cc3)c2cc1F. The Bertz CT molecular complexity index is 1100. The quantitative estimate of drug-likeness (QED) is 0.647. The number of amides is 1. The lowest BCUT2D eigenvalue weighted by Crippen LogP contribution is -2.37. The van der Waals surface area contributed by atoms with Gasteiger partial charge in [0.15, 0.2) is 0 Å². The highest BCUT2D eigenvalue weighted by atomic mass is 19.1. The molecule has 1 saturated carbocycles. The number of aromatic amines is 1. The van der Waals surface area contributed by atoms with Gasteiger partial charge in [-0.1, -0.05) is 17.6 Å². The van der Waals surface area contributed by atoms with Gasteiger partial charge in [0.05, 0.1) is 11.3 Å². The topological polar surface area (TPSA) is 56.3 Å². The molecule has 0 aliphatic heterocycles. The number of anilines is 1. The summed E-state index contributed by atoms with van der Waals surface area (Å²) in [6.45, 7) is 1.56. The fourth-order valence-electron chi connectivity index (χ4n) is 4.12. The number of aromatic nitrogens is 1. The highest BCUT2D eigenvalue weighted by molar-refractivity contribution is 6.33. The second-order valence-corrected chi connectivity index (χ2v) is 8.48. The summed E-state index contributed by atoms with van der Waals surface area (Å²) in [6, 6.07) is 9.55. The summed E-state index contributed by atoms with van der Waals surface area (Å²) in [5, 5.41) is 11.5. The van der Waals surface area contributed by atoms with Gasteiger partial charge in [-0.05, 0) is 62.4 Å². The predicted octanol–water partition coefficient (Wildman–Crippen LogP) is 3.87. The Morgan fingerprint density at radius 1 is 1.17 bits per heavy atom. The first kappa shape index (κ1) is 20.6. The highest BCUT2D eigenvalue weighted by Gasteiger charge is 2.40. The molecule has 0 bridgehead atoms. The van der Waals surface area contributed by atoms with Crippen LogP contribution in [-0.4, -0.2) is 36.6 Å². The lowest BCUT2D eigenvalue weighted by Gasteiger charge is -2.38. The molecule has 1 amide bonds. The van der Waals surface area contributed by atoms with Crippen molar-refractivity contribution in [3.8, 4) is 0 Å². The molecule has 1 fully saturated rings. The predicted molar refractivity (Wildman–Crippen MR) is 115 cm³/mol. The molecule has 4 nitrogen and oxygen atoms in total. The van der Waals surface area contributed by atoms with E-state index < -0.39 is 17.1 Å². The number of hydrogen-bond acceptors (Lipinski definition) is 2. The van der Waals surface area contributed by atoms with Crippen molar-refractivity contribution in [2.45, 2.75) is 43.9 Å². The first-order chi connectivity index (χ1) is 14.1. The summed E-state index contributed by atoms with van der Waals surface area (Å²) < 4.78 is 28.0. The van der Waals surface area contributed by atoms with Gasteiger partial charge >= 0.3 is 0 Å². The molecular weight excluding hydrogens is 385 g/mol. The molecule has 0 spiro atoms. The molecule has 1 heterocycles. The molecule has 0 atom stereocenters. The second kappa shape index (κ2) is 7.24. The van der Waals surface area contributed by atoms with E-state index in [1.54, 1.807) is 44.4 Å². The van der Waals surface area contributed by atoms with Crippen LogP contribution in [0.15, 0.2) is 42.6 Å². The van der Waals surface area contributed by atoms with Crippen LogP contribution in [0.1, 0.15) is 48.5 Å². The number of hydrogen-bond donors (Lipinski definition) is 2. The maximum atomic E-state index is 14.1. The summed E-state index contributed by atoms with van der Waals surface area (Å²) in [5.74, 6) is -0.815. The number of carbonyl (C=O) groups is 1. The zero-order valence-corrected chi connectivity index (χ0v) is 17.0. The number of fused-ring (bicyclic) bond motifs is 1. The summed E-state index contributed by atoms with van der Waals surface area (Å²) in [6.07, 6.45) is 2.92. The fourth-order valence-corrected chi connectivity index (χ4v) is 4.12. The molecule has 154 valence electrons. The van der Waals surface area contributed by atoms with E-state index in [1.807, 2.05) is 0 Å². The van der Waals surface area contributed by atoms with Crippen molar-refractivity contribution in [1.82, 2.24) is 4.98 Å². The third-order valence-corrected chi connectivity index (χ3v) is 6.23. The number of benzene rings is 2. The van der Waals surface area contributed by atoms with Gasteiger partial charge in [0.2, 0.25) is 0 Å². The van der Waals surface area contributed by atoms with Gasteiger partial charge in [0.1, 0.15) is 19.3 Å².